The summed E-state index contributed by atoms with van der Waals surface area (Å²) >= 11 is 0. The van der Waals surface area contributed by atoms with Gasteiger partial charge in [-0.1, -0.05) is 6.07 Å². The Morgan fingerprint density at radius 2 is 1.93 bits per heavy atom. The van der Waals surface area contributed by atoms with E-state index in [1.54, 1.807) is 6.92 Å². The Morgan fingerprint density at radius 3 is 2.63 bits per heavy atom. The molecule has 1 aromatic carbocycles. The normalized spacial score (nSPS) is 14.3. The second-order valence-electron chi connectivity index (χ2n) is 6.24. The molecule has 9 nitrogen and oxygen atoms in total. The van der Waals surface area contributed by atoms with Crippen LogP contribution in [-0.2, 0) is 20.4 Å². The van der Waals surface area contributed by atoms with E-state index < -0.39 is 17.7 Å². The van der Waals surface area contributed by atoms with Crippen LogP contribution < -0.4 is 15.5 Å². The molecule has 12 heteroatoms. The smallest absolute Gasteiger partial charge is 0.416 e. The second kappa shape index (κ2) is 9.57. The summed E-state index contributed by atoms with van der Waals surface area (Å²) in [5, 5.41) is 5.53. The SMILES string of the molecule is CCOC(=O)CNc1nc(Nc2cccc(C(F)(F)F)c2)nc(N2CCOCC2)n1. The lowest BCUT2D eigenvalue weighted by Gasteiger charge is -2.27. The zero-order valence-corrected chi connectivity index (χ0v) is 16.2. The van der Waals surface area contributed by atoms with Crippen LogP contribution in [0.1, 0.15) is 12.5 Å². The first-order valence-corrected chi connectivity index (χ1v) is 9.27. The third-order valence-electron chi connectivity index (χ3n) is 4.06. The molecule has 1 fully saturated rings. The highest BCUT2D eigenvalue weighted by atomic mass is 19.4. The molecule has 0 amide bonds. The van der Waals surface area contributed by atoms with Crippen molar-refractivity contribution < 1.29 is 27.4 Å². The van der Waals surface area contributed by atoms with E-state index in [1.165, 1.54) is 12.1 Å². The first-order valence-electron chi connectivity index (χ1n) is 9.27. The van der Waals surface area contributed by atoms with Crippen LogP contribution >= 0.6 is 0 Å². The summed E-state index contributed by atoms with van der Waals surface area (Å²) in [5.74, 6) is -0.0430. The number of benzene rings is 1. The third kappa shape index (κ3) is 5.92. The van der Waals surface area contributed by atoms with Crippen LogP contribution in [0.5, 0.6) is 0 Å². The van der Waals surface area contributed by atoms with Gasteiger partial charge in [0, 0.05) is 18.8 Å². The number of esters is 1. The molecule has 30 heavy (non-hydrogen) atoms. The van der Waals surface area contributed by atoms with Gasteiger partial charge in [-0.05, 0) is 25.1 Å². The zero-order chi connectivity index (χ0) is 21.6. The van der Waals surface area contributed by atoms with Crippen molar-refractivity contribution >= 4 is 29.5 Å². The van der Waals surface area contributed by atoms with Crippen LogP contribution in [0.4, 0.5) is 36.7 Å². The molecule has 1 saturated heterocycles. The lowest BCUT2D eigenvalue weighted by atomic mass is 10.2. The maximum absolute atomic E-state index is 13.0. The number of morpholine rings is 1. The van der Waals surface area contributed by atoms with E-state index in [1.807, 2.05) is 4.90 Å². The molecule has 1 aromatic heterocycles. The minimum Gasteiger partial charge on any atom is -0.465 e. The molecular weight excluding hydrogens is 405 g/mol. The molecule has 1 aliphatic heterocycles. The Balaban J connectivity index is 1.84. The van der Waals surface area contributed by atoms with Gasteiger partial charge in [0.1, 0.15) is 6.54 Å². The third-order valence-corrected chi connectivity index (χ3v) is 4.06. The minimum absolute atomic E-state index is 0.0391. The quantitative estimate of drug-likeness (QED) is 0.647. The maximum atomic E-state index is 13.0. The van der Waals surface area contributed by atoms with Gasteiger partial charge in [0.2, 0.25) is 17.8 Å². The highest BCUT2D eigenvalue weighted by molar-refractivity contribution is 5.74. The molecule has 0 saturated carbocycles. The summed E-state index contributed by atoms with van der Waals surface area (Å²) in [6, 6.07) is 4.70. The summed E-state index contributed by atoms with van der Waals surface area (Å²) in [4.78, 5) is 26.2. The standard InChI is InChI=1S/C18H21F3N6O3/c1-2-30-14(28)11-22-15-24-16(26-17(25-15)27-6-8-29-9-7-27)23-13-5-3-4-12(10-13)18(19,20)21/h3-5,10H,2,6-9,11H2,1H3,(H2,22,23,24,25,26). The molecule has 0 radical (unpaired) electrons. The Morgan fingerprint density at radius 1 is 1.20 bits per heavy atom. The Kier molecular flexibility index (Phi) is 6.87. The number of carbonyl (C=O) groups excluding carboxylic acids is 1. The first kappa shape index (κ1) is 21.6. The summed E-state index contributed by atoms with van der Waals surface area (Å²) in [7, 11) is 0. The molecule has 0 spiro atoms. The van der Waals surface area contributed by atoms with Crippen LogP contribution in [-0.4, -0.2) is 60.4 Å². The number of halogens is 3. The van der Waals surface area contributed by atoms with Gasteiger partial charge in [-0.25, -0.2) is 0 Å². The molecule has 0 bridgehead atoms. The predicted molar refractivity (Wildman–Crippen MR) is 103 cm³/mol. The van der Waals surface area contributed by atoms with Crippen LogP contribution in [0.3, 0.4) is 0 Å². The van der Waals surface area contributed by atoms with Gasteiger partial charge >= 0.3 is 12.1 Å². The lowest BCUT2D eigenvalue weighted by Crippen LogP contribution is -2.37. The van der Waals surface area contributed by atoms with E-state index in [-0.39, 0.29) is 30.7 Å². The lowest BCUT2D eigenvalue weighted by molar-refractivity contribution is -0.141. The molecule has 2 aromatic rings. The van der Waals surface area contributed by atoms with E-state index >= 15 is 0 Å². The number of hydrogen-bond acceptors (Lipinski definition) is 9. The van der Waals surface area contributed by atoms with Crippen LogP contribution in [0.2, 0.25) is 0 Å². The molecular formula is C18H21F3N6O3. The number of aromatic nitrogens is 3. The summed E-state index contributed by atoms with van der Waals surface area (Å²) in [6.07, 6.45) is -4.47. The highest BCUT2D eigenvalue weighted by Gasteiger charge is 2.30. The number of nitrogens with zero attached hydrogens (tertiary/aromatic N) is 4. The summed E-state index contributed by atoms with van der Waals surface area (Å²) in [6.45, 7) is 3.84. The number of ether oxygens (including phenoxy) is 2. The maximum Gasteiger partial charge on any atom is 0.416 e. The molecule has 1 aliphatic rings. The van der Waals surface area contributed by atoms with E-state index in [2.05, 4.69) is 25.6 Å². The van der Waals surface area contributed by atoms with Crippen molar-refractivity contribution in [1.29, 1.82) is 0 Å². The van der Waals surface area contributed by atoms with Gasteiger partial charge in [0.15, 0.2) is 0 Å². The monoisotopic (exact) mass is 426 g/mol. The summed E-state index contributed by atoms with van der Waals surface area (Å²) < 4.78 is 49.1. The van der Waals surface area contributed by atoms with E-state index in [0.29, 0.717) is 32.3 Å². The van der Waals surface area contributed by atoms with Gasteiger partial charge < -0.3 is 25.0 Å². The molecule has 0 aliphatic carbocycles. The number of anilines is 4. The molecule has 2 heterocycles. The van der Waals surface area contributed by atoms with E-state index in [9.17, 15) is 18.0 Å². The average Bonchev–Trinajstić information content (AvgIpc) is 2.73. The Labute approximate surface area is 170 Å². The average molecular weight is 426 g/mol. The molecule has 0 atom stereocenters. The fraction of sp³-hybridized carbons (Fsp3) is 0.444. The molecule has 2 N–H and O–H groups in total. The molecule has 3 rings (SSSR count). The van der Waals surface area contributed by atoms with Gasteiger partial charge in [-0.2, -0.15) is 28.1 Å². The summed E-state index contributed by atoms with van der Waals surface area (Å²) in [5.41, 5.74) is -0.629. The van der Waals surface area contributed by atoms with Crippen molar-refractivity contribution in [2.45, 2.75) is 13.1 Å². The highest BCUT2D eigenvalue weighted by Crippen LogP contribution is 2.31. The number of alkyl halides is 3. The van der Waals surface area contributed by atoms with E-state index in [4.69, 9.17) is 9.47 Å². The van der Waals surface area contributed by atoms with Crippen molar-refractivity contribution in [3.05, 3.63) is 29.8 Å². The topological polar surface area (TPSA) is 102 Å². The number of nitrogens with one attached hydrogen (secondary N) is 2. The van der Waals surface area contributed by atoms with Gasteiger partial charge in [-0.15, -0.1) is 0 Å². The fourth-order valence-electron chi connectivity index (χ4n) is 2.67. The van der Waals surface area contributed by atoms with E-state index in [0.717, 1.165) is 12.1 Å². The Hall–Kier alpha value is -3.15. The zero-order valence-electron chi connectivity index (χ0n) is 16.2. The van der Waals surface area contributed by atoms with Crippen LogP contribution in [0.15, 0.2) is 24.3 Å². The number of hydrogen-bond donors (Lipinski definition) is 2. The predicted octanol–water partition coefficient (Wildman–Crippen LogP) is 2.45. The largest absolute Gasteiger partial charge is 0.465 e. The van der Waals surface area contributed by atoms with Gasteiger partial charge in [0.05, 0.1) is 25.4 Å². The van der Waals surface area contributed by atoms with Gasteiger partial charge in [0.25, 0.3) is 0 Å². The second-order valence-corrected chi connectivity index (χ2v) is 6.24. The van der Waals surface area contributed by atoms with Gasteiger partial charge in [-0.3, -0.25) is 4.79 Å². The molecule has 0 unspecified atom stereocenters. The number of rotatable bonds is 7. The molecule has 162 valence electrons. The number of carbonyl (C=O) groups is 1. The minimum atomic E-state index is -4.47. The van der Waals surface area contributed by atoms with Crippen LogP contribution in [0.25, 0.3) is 0 Å². The van der Waals surface area contributed by atoms with Crippen LogP contribution in [0, 0.1) is 0 Å². The van der Waals surface area contributed by atoms with Crippen molar-refractivity contribution in [3.63, 3.8) is 0 Å². The van der Waals surface area contributed by atoms with Crippen molar-refractivity contribution in [2.24, 2.45) is 0 Å². The van der Waals surface area contributed by atoms with Crippen molar-refractivity contribution in [3.8, 4) is 0 Å². The Bertz CT molecular complexity index is 874. The first-order chi connectivity index (χ1) is 14.3. The van der Waals surface area contributed by atoms with Crippen molar-refractivity contribution in [1.82, 2.24) is 15.0 Å². The van der Waals surface area contributed by atoms with Crippen molar-refractivity contribution in [2.75, 3.05) is 55.0 Å². The fourth-order valence-corrected chi connectivity index (χ4v) is 2.67.